The van der Waals surface area contributed by atoms with Gasteiger partial charge in [-0.2, -0.15) is 0 Å². The first-order valence-electron chi connectivity index (χ1n) is 13.2. The number of carboxylic acid groups (broad SMARTS) is 1. The van der Waals surface area contributed by atoms with Crippen LogP contribution in [-0.2, 0) is 25.7 Å². The number of benzene rings is 1. The summed E-state index contributed by atoms with van der Waals surface area (Å²) in [5.74, 6) is -1.87. The van der Waals surface area contributed by atoms with Gasteiger partial charge in [0.15, 0.2) is 0 Å². The van der Waals surface area contributed by atoms with Gasteiger partial charge in [-0.25, -0.2) is 4.79 Å². The second-order valence-corrected chi connectivity index (χ2v) is 9.14. The minimum Gasteiger partial charge on any atom is -0.480 e. The molecule has 0 heterocycles. The number of esters is 1. The average Bonchev–Trinajstić information content (AvgIpc) is 2.83. The molecule has 0 aliphatic rings. The van der Waals surface area contributed by atoms with Crippen molar-refractivity contribution in [2.24, 2.45) is 0 Å². The van der Waals surface area contributed by atoms with Crippen LogP contribution < -0.4 is 5.32 Å². The molecule has 6 heteroatoms. The lowest BCUT2D eigenvalue weighted by atomic mass is 10.0. The van der Waals surface area contributed by atoms with E-state index in [9.17, 15) is 19.5 Å². The number of ether oxygens (including phenoxy) is 1. The van der Waals surface area contributed by atoms with Crippen molar-refractivity contribution < 1.29 is 24.2 Å². The minimum absolute atomic E-state index is 0.0211. The fourth-order valence-corrected chi connectivity index (χ4v) is 3.90. The molecule has 0 spiro atoms. The molecule has 34 heavy (non-hydrogen) atoms. The van der Waals surface area contributed by atoms with Crippen LogP contribution in [0.25, 0.3) is 0 Å². The van der Waals surface area contributed by atoms with Crippen molar-refractivity contribution in [3.05, 3.63) is 35.9 Å². The van der Waals surface area contributed by atoms with Gasteiger partial charge in [-0.05, 0) is 18.4 Å². The Morgan fingerprint density at radius 2 is 1.32 bits per heavy atom. The molecule has 1 atom stereocenters. The van der Waals surface area contributed by atoms with E-state index in [4.69, 9.17) is 4.74 Å². The van der Waals surface area contributed by atoms with Crippen LogP contribution in [0.4, 0.5) is 0 Å². The van der Waals surface area contributed by atoms with E-state index in [-0.39, 0.29) is 25.4 Å². The second kappa shape index (κ2) is 20.0. The highest BCUT2D eigenvalue weighted by molar-refractivity contribution is 5.84. The van der Waals surface area contributed by atoms with Gasteiger partial charge < -0.3 is 15.2 Å². The highest BCUT2D eigenvalue weighted by atomic mass is 16.5. The van der Waals surface area contributed by atoms with Gasteiger partial charge >= 0.3 is 11.9 Å². The Kier molecular flexibility index (Phi) is 17.5. The molecule has 6 nitrogen and oxygen atoms in total. The van der Waals surface area contributed by atoms with Crippen molar-refractivity contribution in [2.45, 2.75) is 122 Å². The smallest absolute Gasteiger partial charge is 0.326 e. The zero-order valence-corrected chi connectivity index (χ0v) is 21.1. The molecule has 1 amide bonds. The van der Waals surface area contributed by atoms with E-state index in [0.29, 0.717) is 6.42 Å². The summed E-state index contributed by atoms with van der Waals surface area (Å²) in [6.45, 7) is 2.40. The summed E-state index contributed by atoms with van der Waals surface area (Å²) in [6.07, 6.45) is 16.3. The summed E-state index contributed by atoms with van der Waals surface area (Å²) in [4.78, 5) is 35.5. The number of carboxylic acids is 1. The second-order valence-electron chi connectivity index (χ2n) is 9.14. The molecule has 0 aliphatic carbocycles. The number of hydrogen-bond acceptors (Lipinski definition) is 4. The van der Waals surface area contributed by atoms with E-state index in [1.165, 1.54) is 64.2 Å². The molecule has 0 aliphatic heterocycles. The number of unbranched alkanes of at least 4 members (excludes halogenated alkanes) is 12. The lowest BCUT2D eigenvalue weighted by molar-refractivity contribution is -0.146. The lowest BCUT2D eigenvalue weighted by Crippen LogP contribution is -2.41. The highest BCUT2D eigenvalue weighted by Gasteiger charge is 2.21. The molecule has 192 valence electrons. The van der Waals surface area contributed by atoms with Gasteiger partial charge in [0.25, 0.3) is 0 Å². The third-order valence-electron chi connectivity index (χ3n) is 6.02. The van der Waals surface area contributed by atoms with E-state index in [2.05, 4.69) is 12.2 Å². The Morgan fingerprint density at radius 1 is 0.794 bits per heavy atom. The zero-order valence-electron chi connectivity index (χ0n) is 21.1. The number of hydrogen-bond donors (Lipinski definition) is 2. The van der Waals surface area contributed by atoms with Gasteiger partial charge in [0.2, 0.25) is 5.91 Å². The Morgan fingerprint density at radius 3 is 1.85 bits per heavy atom. The number of nitrogens with one attached hydrogen (secondary N) is 1. The molecule has 0 aromatic heterocycles. The van der Waals surface area contributed by atoms with E-state index >= 15 is 0 Å². The third kappa shape index (κ3) is 16.3. The zero-order chi connectivity index (χ0) is 24.9. The van der Waals surface area contributed by atoms with Gasteiger partial charge in [-0.15, -0.1) is 0 Å². The van der Waals surface area contributed by atoms with Crippen molar-refractivity contribution in [3.63, 3.8) is 0 Å². The largest absolute Gasteiger partial charge is 0.480 e. The molecule has 2 N–H and O–H groups in total. The summed E-state index contributed by atoms with van der Waals surface area (Å²) in [5.41, 5.74) is 0.872. The topological polar surface area (TPSA) is 92.7 Å². The quantitative estimate of drug-likeness (QED) is 0.155. The molecular formula is C28H45NO5. The molecule has 1 aromatic carbocycles. The van der Waals surface area contributed by atoms with Gasteiger partial charge in [-0.1, -0.05) is 114 Å². The Bertz CT molecular complexity index is 677. The Hall–Kier alpha value is -2.37. The monoisotopic (exact) mass is 475 g/mol. The van der Waals surface area contributed by atoms with E-state index in [0.717, 1.165) is 24.8 Å². The standard InChI is InChI=1S/C28H45NO5/c1-2-3-4-5-6-7-8-9-10-11-12-13-17-20-26(30)29-25(28(32)33)21-22-27(31)34-23-24-18-15-14-16-19-24/h14-16,18-19,25H,2-13,17,20-23H2,1H3,(H,29,30)(H,32,33)/t25-/m0/s1. The van der Waals surface area contributed by atoms with Crippen LogP contribution in [0.2, 0.25) is 0 Å². The minimum atomic E-state index is -1.13. The van der Waals surface area contributed by atoms with Crippen LogP contribution in [0.15, 0.2) is 30.3 Å². The van der Waals surface area contributed by atoms with Gasteiger partial charge in [-0.3, -0.25) is 9.59 Å². The number of carbonyl (C=O) groups excluding carboxylic acids is 2. The summed E-state index contributed by atoms with van der Waals surface area (Å²) < 4.78 is 5.17. The third-order valence-corrected chi connectivity index (χ3v) is 6.02. The van der Waals surface area contributed by atoms with Gasteiger partial charge in [0.05, 0.1) is 0 Å². The predicted molar refractivity (Wildman–Crippen MR) is 135 cm³/mol. The van der Waals surface area contributed by atoms with Crippen LogP contribution in [0.1, 0.15) is 115 Å². The molecule has 0 fully saturated rings. The van der Waals surface area contributed by atoms with Gasteiger partial charge in [0.1, 0.15) is 12.6 Å². The fraction of sp³-hybridized carbons (Fsp3) is 0.679. The summed E-state index contributed by atoms with van der Waals surface area (Å²) in [7, 11) is 0. The summed E-state index contributed by atoms with van der Waals surface area (Å²) >= 11 is 0. The predicted octanol–water partition coefficient (Wildman–Crippen LogP) is 6.56. The van der Waals surface area contributed by atoms with Crippen LogP contribution in [0.5, 0.6) is 0 Å². The van der Waals surface area contributed by atoms with Crippen molar-refractivity contribution in [3.8, 4) is 0 Å². The maximum Gasteiger partial charge on any atom is 0.326 e. The highest BCUT2D eigenvalue weighted by Crippen LogP contribution is 2.13. The molecule has 1 rings (SSSR count). The van der Waals surface area contributed by atoms with Gasteiger partial charge in [0, 0.05) is 12.8 Å². The maximum absolute atomic E-state index is 12.1. The average molecular weight is 476 g/mol. The molecule has 0 saturated carbocycles. The van der Waals surface area contributed by atoms with E-state index in [1.807, 2.05) is 30.3 Å². The summed E-state index contributed by atoms with van der Waals surface area (Å²) in [5, 5.41) is 11.9. The van der Waals surface area contributed by atoms with Crippen LogP contribution in [0, 0.1) is 0 Å². The lowest BCUT2D eigenvalue weighted by Gasteiger charge is -2.14. The molecule has 0 radical (unpaired) electrons. The maximum atomic E-state index is 12.1. The first-order chi connectivity index (χ1) is 16.5. The Balaban J connectivity index is 2.05. The van der Waals surface area contributed by atoms with Crippen LogP contribution in [0.3, 0.4) is 0 Å². The number of amides is 1. The number of rotatable bonds is 21. The normalized spacial score (nSPS) is 11.7. The first-order valence-corrected chi connectivity index (χ1v) is 13.2. The van der Waals surface area contributed by atoms with E-state index in [1.54, 1.807) is 0 Å². The molecule has 0 unspecified atom stereocenters. The van der Waals surface area contributed by atoms with E-state index < -0.39 is 18.0 Å². The van der Waals surface area contributed by atoms with Crippen molar-refractivity contribution in [1.29, 1.82) is 0 Å². The number of aliphatic carboxylic acids is 1. The molecule has 1 aromatic rings. The fourth-order valence-electron chi connectivity index (χ4n) is 3.90. The summed E-state index contributed by atoms with van der Waals surface area (Å²) in [6, 6.07) is 8.23. The molecule has 0 saturated heterocycles. The SMILES string of the molecule is CCCCCCCCCCCCCCCC(=O)N[C@@H](CCC(=O)OCc1ccccc1)C(=O)O. The molecule has 0 bridgehead atoms. The van der Waals surface area contributed by atoms with Crippen molar-refractivity contribution in [2.75, 3.05) is 0 Å². The first kappa shape index (κ1) is 29.7. The van der Waals surface area contributed by atoms with Crippen molar-refractivity contribution in [1.82, 2.24) is 5.32 Å². The number of carbonyl (C=O) groups is 3. The van der Waals surface area contributed by atoms with Crippen LogP contribution in [-0.4, -0.2) is 29.0 Å². The molecular weight excluding hydrogens is 430 g/mol. The van der Waals surface area contributed by atoms with Crippen molar-refractivity contribution >= 4 is 17.8 Å². The van der Waals surface area contributed by atoms with Crippen LogP contribution >= 0.6 is 0 Å². The Labute approximate surface area is 205 Å².